The van der Waals surface area contributed by atoms with Crippen LogP contribution in [0.15, 0.2) is 24.3 Å². The van der Waals surface area contributed by atoms with Gasteiger partial charge in [0, 0.05) is 15.4 Å². The van der Waals surface area contributed by atoms with Crippen molar-refractivity contribution in [3.63, 3.8) is 0 Å². The number of nitrogens with one attached hydrogen (secondary N) is 1. The summed E-state index contributed by atoms with van der Waals surface area (Å²) in [5, 5.41) is 3.52. The van der Waals surface area contributed by atoms with Crippen molar-refractivity contribution in [1.29, 1.82) is 0 Å². The fourth-order valence-electron chi connectivity index (χ4n) is 2.08. The van der Waals surface area contributed by atoms with E-state index in [4.69, 9.17) is 0 Å². The minimum absolute atomic E-state index is 0.239. The van der Waals surface area contributed by atoms with Gasteiger partial charge in [-0.15, -0.1) is 0 Å². The van der Waals surface area contributed by atoms with Gasteiger partial charge in [0.25, 0.3) is 0 Å². The molecular weight excluding hydrogens is 385 g/mol. The van der Waals surface area contributed by atoms with Gasteiger partial charge < -0.3 is 5.32 Å². The summed E-state index contributed by atoms with van der Waals surface area (Å²) in [6.45, 7) is 4.80. The zero-order chi connectivity index (χ0) is 15.0. The molecule has 0 spiro atoms. The summed E-state index contributed by atoms with van der Waals surface area (Å²) in [7, 11) is -2.86. The van der Waals surface area contributed by atoms with Crippen LogP contribution < -0.4 is 5.32 Å². The third-order valence-corrected chi connectivity index (χ3v) is 5.74. The molecule has 0 fully saturated rings. The van der Waals surface area contributed by atoms with Crippen molar-refractivity contribution < 1.29 is 8.42 Å². The molecular formula is C15H24INO2S. The molecule has 1 aromatic rings. The van der Waals surface area contributed by atoms with Crippen molar-refractivity contribution in [3.8, 4) is 0 Å². The van der Waals surface area contributed by atoms with E-state index in [1.165, 1.54) is 9.13 Å². The maximum absolute atomic E-state index is 11.6. The molecule has 1 unspecified atom stereocenters. The van der Waals surface area contributed by atoms with Gasteiger partial charge in [0.05, 0.1) is 5.75 Å². The van der Waals surface area contributed by atoms with Crippen LogP contribution in [0, 0.1) is 3.57 Å². The summed E-state index contributed by atoms with van der Waals surface area (Å²) in [6.07, 6.45) is 2.65. The first kappa shape index (κ1) is 17.9. The molecule has 0 aliphatic carbocycles. The number of halogens is 1. The zero-order valence-electron chi connectivity index (χ0n) is 12.2. The monoisotopic (exact) mass is 409 g/mol. The molecule has 20 heavy (non-hydrogen) atoms. The van der Waals surface area contributed by atoms with E-state index in [-0.39, 0.29) is 17.5 Å². The maximum atomic E-state index is 11.6. The quantitative estimate of drug-likeness (QED) is 0.635. The summed E-state index contributed by atoms with van der Waals surface area (Å²) in [6, 6.07) is 8.66. The van der Waals surface area contributed by atoms with Crippen LogP contribution in [-0.2, 0) is 9.84 Å². The Kier molecular flexibility index (Phi) is 8.06. The van der Waals surface area contributed by atoms with Crippen molar-refractivity contribution >= 4 is 32.4 Å². The molecule has 0 aliphatic rings. The molecule has 0 heterocycles. The van der Waals surface area contributed by atoms with Crippen LogP contribution in [0.4, 0.5) is 0 Å². The highest BCUT2D eigenvalue weighted by Gasteiger charge is 2.13. The van der Waals surface area contributed by atoms with Gasteiger partial charge in [0.1, 0.15) is 9.84 Å². The van der Waals surface area contributed by atoms with Crippen molar-refractivity contribution in [2.24, 2.45) is 0 Å². The Balaban J connectivity index is 2.65. The predicted octanol–water partition coefficient (Wildman–Crippen LogP) is 3.55. The van der Waals surface area contributed by atoms with Gasteiger partial charge in [-0.3, -0.25) is 0 Å². The predicted molar refractivity (Wildman–Crippen MR) is 93.8 cm³/mol. The molecule has 0 bridgehead atoms. The fourth-order valence-corrected chi connectivity index (χ4v) is 3.54. The molecule has 3 nitrogen and oxygen atoms in total. The van der Waals surface area contributed by atoms with Crippen LogP contribution in [0.2, 0.25) is 0 Å². The minimum Gasteiger partial charge on any atom is -0.310 e. The Bertz CT molecular complexity index is 502. The lowest BCUT2D eigenvalue weighted by atomic mass is 10.0. The van der Waals surface area contributed by atoms with Gasteiger partial charge in [0.2, 0.25) is 0 Å². The van der Waals surface area contributed by atoms with Gasteiger partial charge >= 0.3 is 0 Å². The second-order valence-corrected chi connectivity index (χ2v) is 8.66. The largest absolute Gasteiger partial charge is 0.310 e. The number of benzene rings is 1. The highest BCUT2D eigenvalue weighted by Crippen LogP contribution is 2.21. The zero-order valence-corrected chi connectivity index (χ0v) is 15.2. The van der Waals surface area contributed by atoms with Crippen LogP contribution in [0.1, 0.15) is 44.7 Å². The van der Waals surface area contributed by atoms with Crippen LogP contribution in [0.5, 0.6) is 0 Å². The van der Waals surface area contributed by atoms with E-state index in [1.54, 1.807) is 6.92 Å². The molecule has 0 aliphatic heterocycles. The van der Waals surface area contributed by atoms with Crippen LogP contribution in [0.25, 0.3) is 0 Å². The number of hydrogen-bond donors (Lipinski definition) is 1. The van der Waals surface area contributed by atoms with E-state index >= 15 is 0 Å². The topological polar surface area (TPSA) is 46.2 Å². The third-order valence-electron chi connectivity index (χ3n) is 3.28. The smallest absolute Gasteiger partial charge is 0.150 e. The van der Waals surface area contributed by atoms with Crippen LogP contribution >= 0.6 is 22.6 Å². The molecule has 1 atom stereocenters. The summed E-state index contributed by atoms with van der Waals surface area (Å²) in [5.74, 6) is 0.529. The molecule has 0 amide bonds. The first-order valence-electron chi connectivity index (χ1n) is 7.17. The molecule has 1 aromatic carbocycles. The van der Waals surface area contributed by atoms with Crippen molar-refractivity contribution in [1.82, 2.24) is 5.32 Å². The van der Waals surface area contributed by atoms with Crippen LogP contribution in [0.3, 0.4) is 0 Å². The lowest BCUT2D eigenvalue weighted by molar-refractivity contribution is 0.492. The first-order valence-corrected chi connectivity index (χ1v) is 10.1. The summed E-state index contributed by atoms with van der Waals surface area (Å²) < 4.78 is 24.3. The highest BCUT2D eigenvalue weighted by molar-refractivity contribution is 14.1. The molecule has 0 saturated carbocycles. The second-order valence-electron chi connectivity index (χ2n) is 4.94. The fraction of sp³-hybridized carbons (Fsp3) is 0.600. The Morgan fingerprint density at radius 3 is 2.65 bits per heavy atom. The summed E-state index contributed by atoms with van der Waals surface area (Å²) >= 11 is 2.31. The van der Waals surface area contributed by atoms with E-state index in [1.807, 2.05) is 0 Å². The van der Waals surface area contributed by atoms with Crippen molar-refractivity contribution in [3.05, 3.63) is 33.4 Å². The Morgan fingerprint density at radius 2 is 2.05 bits per heavy atom. The second kappa shape index (κ2) is 9.00. The van der Waals surface area contributed by atoms with Gasteiger partial charge in [-0.25, -0.2) is 8.42 Å². The SMILES string of the molecule is CCCNC(CCCS(=O)(=O)CC)c1cccc(I)c1. The molecule has 0 saturated heterocycles. The minimum atomic E-state index is -2.86. The van der Waals surface area contributed by atoms with Crippen molar-refractivity contribution in [2.75, 3.05) is 18.1 Å². The van der Waals surface area contributed by atoms with Crippen molar-refractivity contribution in [2.45, 2.75) is 39.2 Å². The standard InChI is InChI=1S/C15H24INO2S/c1-3-10-17-15(9-6-11-20(18,19)4-2)13-7-5-8-14(16)12-13/h5,7-8,12,15,17H,3-4,6,9-11H2,1-2H3. The van der Waals surface area contributed by atoms with Gasteiger partial charge in [-0.1, -0.05) is 26.0 Å². The average Bonchev–Trinajstić information content (AvgIpc) is 2.42. The lowest BCUT2D eigenvalue weighted by Crippen LogP contribution is -2.23. The summed E-state index contributed by atoms with van der Waals surface area (Å²) in [5.41, 5.74) is 1.25. The first-order chi connectivity index (χ1) is 9.48. The van der Waals surface area contributed by atoms with Gasteiger partial charge in [0.15, 0.2) is 0 Å². The van der Waals surface area contributed by atoms with E-state index < -0.39 is 9.84 Å². The van der Waals surface area contributed by atoms with E-state index in [9.17, 15) is 8.42 Å². The van der Waals surface area contributed by atoms with E-state index in [2.05, 4.69) is 59.1 Å². The van der Waals surface area contributed by atoms with E-state index in [0.29, 0.717) is 6.42 Å². The maximum Gasteiger partial charge on any atom is 0.150 e. The van der Waals surface area contributed by atoms with E-state index in [0.717, 1.165) is 19.4 Å². The highest BCUT2D eigenvalue weighted by atomic mass is 127. The molecule has 114 valence electrons. The van der Waals surface area contributed by atoms with Gasteiger partial charge in [-0.05, 0) is 66.1 Å². The molecule has 1 rings (SSSR count). The molecule has 5 heteroatoms. The Hall–Kier alpha value is -0.140. The number of sulfone groups is 1. The Morgan fingerprint density at radius 1 is 1.30 bits per heavy atom. The summed E-state index contributed by atoms with van der Waals surface area (Å²) in [4.78, 5) is 0. The van der Waals surface area contributed by atoms with Gasteiger partial charge in [-0.2, -0.15) is 0 Å². The third kappa shape index (κ3) is 6.54. The molecule has 1 N–H and O–H groups in total. The van der Waals surface area contributed by atoms with Crippen LogP contribution in [-0.4, -0.2) is 26.5 Å². The normalized spacial score (nSPS) is 13.3. The number of hydrogen-bond acceptors (Lipinski definition) is 3. The number of rotatable bonds is 9. The molecule has 0 radical (unpaired) electrons. The lowest BCUT2D eigenvalue weighted by Gasteiger charge is -2.19. The average molecular weight is 409 g/mol. The Labute approximate surface area is 136 Å². The molecule has 0 aromatic heterocycles.